The number of hydrogen-bond acceptors (Lipinski definition) is 3. The van der Waals surface area contributed by atoms with Gasteiger partial charge in [0, 0.05) is 5.69 Å². The minimum atomic E-state index is -0.917. The van der Waals surface area contributed by atoms with Gasteiger partial charge >= 0.3 is 37.5 Å². The molecule has 1 nitrogen and oxygen atoms in total. The quantitative estimate of drug-likeness (QED) is 0.571. The van der Waals surface area contributed by atoms with Crippen molar-refractivity contribution in [1.82, 2.24) is 0 Å². The number of nitrogens with two attached hydrogens (primary N) is 1. The molecule has 4 heteroatoms. The minimum absolute atomic E-state index is 0.791. The summed E-state index contributed by atoms with van der Waals surface area (Å²) in [6.07, 6.45) is 0. The van der Waals surface area contributed by atoms with E-state index in [0.717, 1.165) is 5.69 Å². The summed E-state index contributed by atoms with van der Waals surface area (Å²) in [5.41, 5.74) is 6.13. The van der Waals surface area contributed by atoms with E-state index in [0.29, 0.717) is 0 Å². The van der Waals surface area contributed by atoms with Crippen LogP contribution in [0.5, 0.6) is 0 Å². The molecule has 0 unspecified atom stereocenters. The fourth-order valence-corrected chi connectivity index (χ4v) is 0.400. The van der Waals surface area contributed by atoms with E-state index in [1.54, 1.807) is 24.3 Å². The van der Waals surface area contributed by atoms with Crippen molar-refractivity contribution in [3.63, 3.8) is 0 Å². The molecule has 1 rings (SSSR count). The summed E-state index contributed by atoms with van der Waals surface area (Å²) in [5, 5.41) is 0. The molecular formula is C6H6HgNS2. The Labute approximate surface area is 78.7 Å². The number of benzene rings is 1. The van der Waals surface area contributed by atoms with Gasteiger partial charge in [-0.2, -0.15) is 0 Å². The molecule has 0 aromatic heterocycles. The molecule has 1 aromatic carbocycles. The molecule has 0 heterocycles. The average molecular weight is 357 g/mol. The van der Waals surface area contributed by atoms with Gasteiger partial charge in [-0.3, -0.25) is 0 Å². The maximum atomic E-state index is 5.34. The van der Waals surface area contributed by atoms with E-state index < -0.39 is 20.4 Å². The normalized spacial score (nSPS) is 8.00. The van der Waals surface area contributed by atoms with E-state index in [4.69, 9.17) is 5.73 Å². The SMILES string of the molecule is Nc1cc[c]cc1.[S]=[Hg]=[S]. The summed E-state index contributed by atoms with van der Waals surface area (Å²) in [6.45, 7) is 0. The van der Waals surface area contributed by atoms with E-state index in [1.165, 1.54) is 0 Å². The predicted molar refractivity (Wildman–Crippen MR) is 44.9 cm³/mol. The van der Waals surface area contributed by atoms with E-state index in [1.807, 2.05) is 0 Å². The molecule has 0 saturated carbocycles. The summed E-state index contributed by atoms with van der Waals surface area (Å²) in [6, 6.07) is 10.0. The zero-order valence-corrected chi connectivity index (χ0v) is 12.5. The molecule has 1 radical (unpaired) electrons. The van der Waals surface area contributed by atoms with Crippen LogP contribution in [0, 0.1) is 6.07 Å². The first-order chi connectivity index (χ1) is 4.81. The zero-order chi connectivity index (χ0) is 7.82. The summed E-state index contributed by atoms with van der Waals surface area (Å²) in [7, 11) is 8.86. The molecule has 0 fully saturated rings. The number of rotatable bonds is 0. The molecule has 0 aliphatic carbocycles. The third-order valence-corrected chi connectivity index (χ3v) is 0.744. The molecule has 0 saturated heterocycles. The van der Waals surface area contributed by atoms with Crippen LogP contribution in [0.15, 0.2) is 24.3 Å². The van der Waals surface area contributed by atoms with Crippen LogP contribution in [0.1, 0.15) is 0 Å². The molecule has 2 N–H and O–H groups in total. The molecule has 49 valence electrons. The van der Waals surface area contributed by atoms with Crippen molar-refractivity contribution in [3.05, 3.63) is 30.3 Å². The molecule has 0 bridgehead atoms. The van der Waals surface area contributed by atoms with E-state index in [-0.39, 0.29) is 0 Å². The van der Waals surface area contributed by atoms with Gasteiger partial charge in [0.25, 0.3) is 0 Å². The Kier molecular flexibility index (Phi) is 7.80. The Morgan fingerprint density at radius 2 is 1.70 bits per heavy atom. The van der Waals surface area contributed by atoms with Gasteiger partial charge < -0.3 is 5.73 Å². The third kappa shape index (κ3) is 6.51. The Hall–Kier alpha value is 0.395. The van der Waals surface area contributed by atoms with Crippen LogP contribution >= 0.6 is 17.2 Å². The van der Waals surface area contributed by atoms with Gasteiger partial charge in [0.05, 0.1) is 0 Å². The van der Waals surface area contributed by atoms with Crippen LogP contribution in [0.4, 0.5) is 5.69 Å². The second kappa shape index (κ2) is 7.50. The maximum absolute atomic E-state index is 5.34. The number of nitrogen functional groups attached to an aromatic ring is 1. The Morgan fingerprint density at radius 1 is 1.30 bits per heavy atom. The standard InChI is InChI=1S/C6H6N.Hg.2S/c7-6-4-2-1-3-5-6;;;/h2-5H,7H2;;;. The van der Waals surface area contributed by atoms with E-state index in [9.17, 15) is 0 Å². The molecule has 0 spiro atoms. The zero-order valence-electron chi connectivity index (χ0n) is 5.41. The average Bonchev–Trinajstić information content (AvgIpc) is 1.91. The Morgan fingerprint density at radius 3 is 1.90 bits per heavy atom. The van der Waals surface area contributed by atoms with Crippen molar-refractivity contribution < 1.29 is 20.4 Å². The van der Waals surface area contributed by atoms with E-state index >= 15 is 0 Å². The van der Waals surface area contributed by atoms with Crippen LogP contribution in [-0.2, 0) is 20.4 Å². The van der Waals surface area contributed by atoms with Crippen LogP contribution in [0.2, 0.25) is 0 Å². The molecule has 0 atom stereocenters. The fraction of sp³-hybridized carbons (Fsp3) is 0. The number of anilines is 1. The Bertz CT molecular complexity index is 206. The van der Waals surface area contributed by atoms with Crippen molar-refractivity contribution >= 4 is 22.8 Å². The van der Waals surface area contributed by atoms with Crippen LogP contribution in [-0.4, -0.2) is 0 Å². The van der Waals surface area contributed by atoms with Gasteiger partial charge in [-0.1, -0.05) is 12.1 Å². The first-order valence-corrected chi connectivity index (χ1v) is 17.3. The van der Waals surface area contributed by atoms with Crippen molar-refractivity contribution in [2.75, 3.05) is 5.73 Å². The van der Waals surface area contributed by atoms with Gasteiger partial charge in [0.2, 0.25) is 0 Å². The van der Waals surface area contributed by atoms with Crippen LogP contribution in [0.3, 0.4) is 0 Å². The molecule has 0 amide bonds. The summed E-state index contributed by atoms with van der Waals surface area (Å²) < 4.78 is 0. The molecule has 1 aromatic rings. The summed E-state index contributed by atoms with van der Waals surface area (Å²) >= 11 is -0.917. The fourth-order valence-electron chi connectivity index (χ4n) is 0.400. The third-order valence-electron chi connectivity index (χ3n) is 0.744. The van der Waals surface area contributed by atoms with Crippen molar-refractivity contribution in [2.24, 2.45) is 0 Å². The number of hydrogen-bond donors (Lipinski definition) is 1. The van der Waals surface area contributed by atoms with Crippen molar-refractivity contribution in [2.45, 2.75) is 0 Å². The van der Waals surface area contributed by atoms with Gasteiger partial charge in [-0.05, 0) is 18.2 Å². The van der Waals surface area contributed by atoms with Gasteiger partial charge in [0.1, 0.15) is 0 Å². The molecular weight excluding hydrogens is 351 g/mol. The molecule has 10 heavy (non-hydrogen) atoms. The van der Waals surface area contributed by atoms with Gasteiger partial charge in [0.15, 0.2) is 0 Å². The van der Waals surface area contributed by atoms with Crippen LogP contribution < -0.4 is 5.73 Å². The first kappa shape index (κ1) is 10.4. The Balaban J connectivity index is 0.000000236. The van der Waals surface area contributed by atoms with Crippen molar-refractivity contribution in [1.29, 1.82) is 0 Å². The first-order valence-electron chi connectivity index (χ1n) is 2.69. The molecule has 0 aliphatic heterocycles. The molecule has 0 aliphatic rings. The summed E-state index contributed by atoms with van der Waals surface area (Å²) in [5.74, 6) is 0. The van der Waals surface area contributed by atoms with Gasteiger partial charge in [-0.15, -0.1) is 0 Å². The monoisotopic (exact) mass is 358 g/mol. The van der Waals surface area contributed by atoms with Gasteiger partial charge in [-0.25, -0.2) is 0 Å². The topological polar surface area (TPSA) is 26.0 Å². The predicted octanol–water partition coefficient (Wildman–Crippen LogP) is 2.36. The second-order valence-electron chi connectivity index (χ2n) is 1.45. The van der Waals surface area contributed by atoms with E-state index in [2.05, 4.69) is 23.2 Å². The van der Waals surface area contributed by atoms with Crippen molar-refractivity contribution in [3.8, 4) is 0 Å². The van der Waals surface area contributed by atoms with Crippen LogP contribution in [0.25, 0.3) is 0 Å². The second-order valence-corrected chi connectivity index (χ2v) is 10.6. The summed E-state index contributed by atoms with van der Waals surface area (Å²) in [4.78, 5) is 0.